The number of pyridine rings is 1. The van der Waals surface area contributed by atoms with Gasteiger partial charge in [0, 0.05) is 22.3 Å². The van der Waals surface area contributed by atoms with Crippen molar-refractivity contribution in [2.45, 2.75) is 0 Å². The fourth-order valence-electron chi connectivity index (χ4n) is 1.58. The van der Waals surface area contributed by atoms with Gasteiger partial charge in [-0.3, -0.25) is 4.98 Å². The Morgan fingerprint density at radius 2 is 2.00 bits per heavy atom. The molecule has 0 saturated heterocycles. The minimum Gasteiger partial charge on any atom is -0.507 e. The largest absolute Gasteiger partial charge is 0.507 e. The van der Waals surface area contributed by atoms with Gasteiger partial charge in [-0.25, -0.2) is 0 Å². The highest BCUT2D eigenvalue weighted by atomic mass is 79.9. The van der Waals surface area contributed by atoms with Crippen LogP contribution in [0.1, 0.15) is 11.3 Å². The molecule has 2 rings (SSSR count). The fourth-order valence-corrected chi connectivity index (χ4v) is 2.08. The number of halogens is 2. The van der Waals surface area contributed by atoms with Crippen molar-refractivity contribution in [1.29, 1.82) is 0 Å². The second kappa shape index (κ2) is 6.55. The Morgan fingerprint density at radius 1 is 1.24 bits per heavy atom. The topological polar surface area (TPSA) is 110 Å². The molecule has 0 radical (unpaired) electrons. The van der Waals surface area contributed by atoms with Gasteiger partial charge in [0.15, 0.2) is 0 Å². The maximum Gasteiger partial charge on any atom is 0.211 e. The van der Waals surface area contributed by atoms with E-state index < -0.39 is 0 Å². The lowest BCUT2D eigenvalue weighted by Gasteiger charge is -2.08. The second-order valence-electron chi connectivity index (χ2n) is 3.97. The fraction of sp³-hybridized carbons (Fsp3) is 0. The Kier molecular flexibility index (Phi) is 4.77. The van der Waals surface area contributed by atoms with Crippen LogP contribution in [0.5, 0.6) is 5.75 Å². The molecular formula is C13H11BrClN5O. The number of guanidine groups is 1. The molecule has 6 nitrogen and oxygen atoms in total. The minimum atomic E-state index is -0.198. The molecule has 0 bridgehead atoms. The predicted molar refractivity (Wildman–Crippen MR) is 86.5 cm³/mol. The van der Waals surface area contributed by atoms with Gasteiger partial charge in [0.2, 0.25) is 5.96 Å². The highest BCUT2D eigenvalue weighted by Gasteiger charge is 2.15. The summed E-state index contributed by atoms with van der Waals surface area (Å²) in [6.07, 6.45) is 1.60. The molecule has 0 amide bonds. The third-order valence-corrected chi connectivity index (χ3v) is 3.66. The average Bonchev–Trinajstić information content (AvgIpc) is 2.45. The van der Waals surface area contributed by atoms with Gasteiger partial charge in [-0.1, -0.05) is 17.7 Å². The zero-order valence-electron chi connectivity index (χ0n) is 10.7. The summed E-state index contributed by atoms with van der Waals surface area (Å²) in [7, 11) is 0. The van der Waals surface area contributed by atoms with Crippen molar-refractivity contribution >= 4 is 39.2 Å². The molecule has 0 aliphatic heterocycles. The summed E-state index contributed by atoms with van der Waals surface area (Å²) in [6.45, 7) is 0. The highest BCUT2D eigenvalue weighted by Crippen LogP contribution is 2.31. The van der Waals surface area contributed by atoms with Crippen LogP contribution in [0.2, 0.25) is 5.02 Å². The van der Waals surface area contributed by atoms with E-state index in [4.69, 9.17) is 23.1 Å². The number of aromatic nitrogens is 1. The molecule has 1 heterocycles. The van der Waals surface area contributed by atoms with E-state index in [1.807, 2.05) is 0 Å². The number of hydrogen-bond donors (Lipinski definition) is 3. The Morgan fingerprint density at radius 3 is 2.62 bits per heavy atom. The van der Waals surface area contributed by atoms with E-state index in [0.29, 0.717) is 26.5 Å². The van der Waals surface area contributed by atoms with Gasteiger partial charge in [0.05, 0.1) is 10.7 Å². The van der Waals surface area contributed by atoms with Crippen LogP contribution in [0.4, 0.5) is 0 Å². The number of rotatable bonds is 3. The van der Waals surface area contributed by atoms with Crippen LogP contribution in [0.25, 0.3) is 0 Å². The van der Waals surface area contributed by atoms with E-state index in [9.17, 15) is 5.11 Å². The zero-order chi connectivity index (χ0) is 15.4. The standard InChI is InChI=1S/C13H11BrClN5O/c14-8-5-7(11(21)6-9(8)15)12(19-20-13(16)17)10-3-1-2-4-18-10/h1-6,21H,(H4,16,17,20)/b19-12-. The monoisotopic (exact) mass is 367 g/mol. The number of nitrogens with zero attached hydrogens (tertiary/aromatic N) is 3. The highest BCUT2D eigenvalue weighted by molar-refractivity contribution is 9.10. The van der Waals surface area contributed by atoms with Gasteiger partial charge in [-0.15, -0.1) is 10.2 Å². The molecule has 108 valence electrons. The third kappa shape index (κ3) is 3.71. The van der Waals surface area contributed by atoms with Crippen LogP contribution in [0, 0.1) is 0 Å². The van der Waals surface area contributed by atoms with Crippen molar-refractivity contribution in [2.75, 3.05) is 0 Å². The molecule has 1 aromatic heterocycles. The van der Waals surface area contributed by atoms with Crippen LogP contribution in [-0.2, 0) is 0 Å². The molecule has 8 heteroatoms. The molecule has 1 aromatic carbocycles. The first-order valence-electron chi connectivity index (χ1n) is 5.75. The van der Waals surface area contributed by atoms with E-state index >= 15 is 0 Å². The van der Waals surface area contributed by atoms with Gasteiger partial charge < -0.3 is 16.6 Å². The van der Waals surface area contributed by atoms with Gasteiger partial charge in [0.25, 0.3) is 0 Å². The van der Waals surface area contributed by atoms with E-state index in [1.54, 1.807) is 30.5 Å². The van der Waals surface area contributed by atoms with Crippen LogP contribution >= 0.6 is 27.5 Å². The molecule has 0 saturated carbocycles. The van der Waals surface area contributed by atoms with E-state index in [0.717, 1.165) is 0 Å². The number of benzene rings is 1. The molecule has 0 spiro atoms. The summed E-state index contributed by atoms with van der Waals surface area (Å²) < 4.78 is 0.602. The Hall–Kier alpha value is -2.12. The van der Waals surface area contributed by atoms with Crippen molar-refractivity contribution in [2.24, 2.45) is 21.7 Å². The second-order valence-corrected chi connectivity index (χ2v) is 5.23. The van der Waals surface area contributed by atoms with E-state index in [-0.39, 0.29) is 11.7 Å². The SMILES string of the molecule is NC(N)=N/N=C(\c1ccccn1)c1cc(Br)c(Cl)cc1O. The van der Waals surface area contributed by atoms with Crippen LogP contribution in [-0.4, -0.2) is 21.8 Å². The molecular weight excluding hydrogens is 358 g/mol. The molecule has 0 aliphatic carbocycles. The lowest BCUT2D eigenvalue weighted by atomic mass is 10.1. The molecule has 21 heavy (non-hydrogen) atoms. The first-order valence-corrected chi connectivity index (χ1v) is 6.92. The first kappa shape index (κ1) is 15.3. The minimum absolute atomic E-state index is 0.0570. The third-order valence-electron chi connectivity index (χ3n) is 2.47. The predicted octanol–water partition coefficient (Wildman–Crippen LogP) is 2.23. The molecule has 0 atom stereocenters. The maximum absolute atomic E-state index is 10.1. The van der Waals surface area contributed by atoms with E-state index in [2.05, 4.69) is 31.1 Å². The maximum atomic E-state index is 10.1. The van der Waals surface area contributed by atoms with Crippen molar-refractivity contribution in [3.05, 3.63) is 57.3 Å². The normalized spacial score (nSPS) is 11.2. The quantitative estimate of drug-likeness (QED) is 0.438. The van der Waals surface area contributed by atoms with Crippen molar-refractivity contribution in [3.63, 3.8) is 0 Å². The summed E-state index contributed by atoms with van der Waals surface area (Å²) in [5.74, 6) is -0.255. The molecule has 0 aliphatic rings. The number of nitrogens with two attached hydrogens (primary N) is 2. The Labute approximate surface area is 134 Å². The van der Waals surface area contributed by atoms with E-state index in [1.165, 1.54) is 6.07 Å². The number of phenols is 1. The van der Waals surface area contributed by atoms with Crippen molar-refractivity contribution < 1.29 is 5.11 Å². The van der Waals surface area contributed by atoms with Gasteiger partial charge >= 0.3 is 0 Å². The summed E-state index contributed by atoms with van der Waals surface area (Å²) in [6, 6.07) is 8.29. The summed E-state index contributed by atoms with van der Waals surface area (Å²) >= 11 is 9.23. The van der Waals surface area contributed by atoms with Gasteiger partial charge in [-0.2, -0.15) is 0 Å². The number of hydrogen-bond acceptors (Lipinski definition) is 4. The molecule has 2 aromatic rings. The molecule has 0 fully saturated rings. The Balaban J connectivity index is 2.64. The van der Waals surface area contributed by atoms with Gasteiger partial charge in [0.1, 0.15) is 11.5 Å². The lowest BCUT2D eigenvalue weighted by molar-refractivity contribution is 0.474. The number of phenolic OH excluding ortho intramolecular Hbond substituents is 1. The molecule has 0 unspecified atom stereocenters. The van der Waals surface area contributed by atoms with Crippen molar-refractivity contribution in [3.8, 4) is 5.75 Å². The zero-order valence-corrected chi connectivity index (χ0v) is 13.0. The Bertz CT molecular complexity index is 714. The van der Waals surface area contributed by atoms with Gasteiger partial charge in [-0.05, 0) is 34.1 Å². The lowest BCUT2D eigenvalue weighted by Crippen LogP contribution is -2.22. The first-order chi connectivity index (χ1) is 9.99. The summed E-state index contributed by atoms with van der Waals surface area (Å²) in [5, 5.41) is 18.1. The van der Waals surface area contributed by atoms with Crippen LogP contribution in [0.3, 0.4) is 0 Å². The van der Waals surface area contributed by atoms with Crippen LogP contribution < -0.4 is 11.5 Å². The molecule has 5 N–H and O–H groups in total. The summed E-state index contributed by atoms with van der Waals surface area (Å²) in [4.78, 5) is 4.19. The number of aromatic hydroxyl groups is 1. The van der Waals surface area contributed by atoms with Crippen LogP contribution in [0.15, 0.2) is 51.2 Å². The van der Waals surface area contributed by atoms with Crippen molar-refractivity contribution in [1.82, 2.24) is 4.98 Å². The average molecular weight is 369 g/mol. The smallest absolute Gasteiger partial charge is 0.211 e. The summed E-state index contributed by atoms with van der Waals surface area (Å²) in [5.41, 5.74) is 11.8.